The van der Waals surface area contributed by atoms with Crippen molar-refractivity contribution in [3.8, 4) is 11.1 Å². The van der Waals surface area contributed by atoms with Gasteiger partial charge in [-0.1, -0.05) is 36.8 Å². The third-order valence-corrected chi connectivity index (χ3v) is 4.91. The molecule has 1 saturated heterocycles. The molecule has 4 rings (SSSR count). The number of benzene rings is 1. The van der Waals surface area contributed by atoms with Gasteiger partial charge in [-0.3, -0.25) is 9.78 Å². The van der Waals surface area contributed by atoms with Gasteiger partial charge in [-0.25, -0.2) is 4.98 Å². The first kappa shape index (κ1) is 15.8. The highest BCUT2D eigenvalue weighted by Gasteiger charge is 2.20. The molecule has 0 aliphatic carbocycles. The van der Waals surface area contributed by atoms with Gasteiger partial charge in [0.15, 0.2) is 5.65 Å². The van der Waals surface area contributed by atoms with Crippen LogP contribution in [0, 0.1) is 12.8 Å². The second kappa shape index (κ2) is 6.31. The topological polar surface area (TPSA) is 61.9 Å². The number of nitrogens with one attached hydrogen (secondary N) is 1. The molecule has 0 amide bonds. The van der Waals surface area contributed by atoms with Crippen molar-refractivity contribution in [3.63, 3.8) is 0 Å². The number of nitrogens with zero attached hydrogens (tertiary/aromatic N) is 3. The van der Waals surface area contributed by atoms with Gasteiger partial charge < -0.3 is 4.90 Å². The SMILES string of the molecule is Cc1ccc(-c2ccnc3nc(N4CCC[C@H](C)C4)[nH]c(=O)c23)cc1. The van der Waals surface area contributed by atoms with Gasteiger partial charge >= 0.3 is 0 Å². The Morgan fingerprint density at radius 1 is 1.20 bits per heavy atom. The first-order valence-electron chi connectivity index (χ1n) is 8.83. The molecule has 1 atom stereocenters. The van der Waals surface area contributed by atoms with Crippen LogP contribution in [-0.2, 0) is 0 Å². The molecule has 0 unspecified atom stereocenters. The molecule has 5 nitrogen and oxygen atoms in total. The van der Waals surface area contributed by atoms with E-state index in [1.165, 1.54) is 12.0 Å². The zero-order chi connectivity index (χ0) is 17.4. The van der Waals surface area contributed by atoms with Crippen molar-refractivity contribution < 1.29 is 0 Å². The number of hydrogen-bond donors (Lipinski definition) is 1. The van der Waals surface area contributed by atoms with Crippen LogP contribution in [0.5, 0.6) is 0 Å². The van der Waals surface area contributed by atoms with Crippen LogP contribution in [0.4, 0.5) is 5.95 Å². The summed E-state index contributed by atoms with van der Waals surface area (Å²) in [7, 11) is 0. The van der Waals surface area contributed by atoms with Gasteiger partial charge in [-0.05, 0) is 42.9 Å². The second-order valence-corrected chi connectivity index (χ2v) is 7.01. The highest BCUT2D eigenvalue weighted by atomic mass is 16.1. The molecule has 0 saturated carbocycles. The number of piperidine rings is 1. The molecule has 25 heavy (non-hydrogen) atoms. The predicted octanol–water partition coefficient (Wildman–Crippen LogP) is 3.53. The van der Waals surface area contributed by atoms with Crippen LogP contribution in [0.3, 0.4) is 0 Å². The second-order valence-electron chi connectivity index (χ2n) is 7.01. The zero-order valence-electron chi connectivity index (χ0n) is 14.6. The molecule has 1 aliphatic rings. The summed E-state index contributed by atoms with van der Waals surface area (Å²) in [5, 5.41) is 0.556. The molecule has 5 heteroatoms. The molecule has 0 spiro atoms. The van der Waals surface area contributed by atoms with Crippen LogP contribution in [0.2, 0.25) is 0 Å². The molecule has 3 aromatic rings. The van der Waals surface area contributed by atoms with Gasteiger partial charge in [0.1, 0.15) is 0 Å². The lowest BCUT2D eigenvalue weighted by Crippen LogP contribution is -2.36. The van der Waals surface area contributed by atoms with Crippen molar-refractivity contribution in [3.05, 3.63) is 52.4 Å². The number of H-pyrrole nitrogens is 1. The van der Waals surface area contributed by atoms with Crippen LogP contribution in [0.1, 0.15) is 25.3 Å². The van der Waals surface area contributed by atoms with E-state index in [1.807, 2.05) is 30.3 Å². The van der Waals surface area contributed by atoms with E-state index in [-0.39, 0.29) is 5.56 Å². The molecule has 3 heterocycles. The van der Waals surface area contributed by atoms with Gasteiger partial charge in [-0.2, -0.15) is 4.98 Å². The summed E-state index contributed by atoms with van der Waals surface area (Å²) < 4.78 is 0. The molecule has 1 aromatic carbocycles. The van der Waals surface area contributed by atoms with Crippen molar-refractivity contribution in [2.24, 2.45) is 5.92 Å². The average Bonchev–Trinajstić information content (AvgIpc) is 2.62. The standard InChI is InChI=1S/C20H22N4O/c1-13-5-7-15(8-6-13)16-9-10-21-18-17(16)19(25)23-20(22-18)24-11-3-4-14(2)12-24/h5-10,14H,3-4,11-12H2,1-2H3,(H,21,22,23,25)/t14-/m0/s1. The maximum absolute atomic E-state index is 12.8. The van der Waals surface area contributed by atoms with Crippen molar-refractivity contribution in [1.29, 1.82) is 0 Å². The molecular formula is C20H22N4O. The quantitative estimate of drug-likeness (QED) is 0.779. The first-order valence-corrected chi connectivity index (χ1v) is 8.83. The summed E-state index contributed by atoms with van der Waals surface area (Å²) in [6, 6.07) is 10.0. The molecule has 1 N–H and O–H groups in total. The Hall–Kier alpha value is -2.69. The van der Waals surface area contributed by atoms with E-state index in [9.17, 15) is 4.79 Å². The van der Waals surface area contributed by atoms with Crippen LogP contribution >= 0.6 is 0 Å². The summed E-state index contributed by atoms with van der Waals surface area (Å²) in [5.74, 6) is 1.25. The fourth-order valence-electron chi connectivity index (χ4n) is 3.56. The Morgan fingerprint density at radius 3 is 2.76 bits per heavy atom. The van der Waals surface area contributed by atoms with E-state index in [0.717, 1.165) is 30.6 Å². The van der Waals surface area contributed by atoms with Crippen molar-refractivity contribution in [2.45, 2.75) is 26.7 Å². The first-order chi connectivity index (χ1) is 12.1. The van der Waals surface area contributed by atoms with Crippen LogP contribution in [-0.4, -0.2) is 28.0 Å². The molecule has 1 aliphatic heterocycles. The van der Waals surface area contributed by atoms with Crippen molar-refractivity contribution in [1.82, 2.24) is 15.0 Å². The fourth-order valence-corrected chi connectivity index (χ4v) is 3.56. The molecule has 0 bridgehead atoms. The number of rotatable bonds is 2. The molecular weight excluding hydrogens is 312 g/mol. The van der Waals surface area contributed by atoms with E-state index in [2.05, 4.69) is 33.7 Å². The number of fused-ring (bicyclic) bond motifs is 1. The Kier molecular flexibility index (Phi) is 3.99. The highest BCUT2D eigenvalue weighted by molar-refractivity contribution is 5.92. The number of aromatic amines is 1. The van der Waals surface area contributed by atoms with E-state index in [0.29, 0.717) is 22.9 Å². The lowest BCUT2D eigenvalue weighted by Gasteiger charge is -2.31. The lowest BCUT2D eigenvalue weighted by molar-refractivity contribution is 0.442. The fraction of sp³-hybridized carbons (Fsp3) is 0.350. The minimum absolute atomic E-state index is 0.123. The number of hydrogen-bond acceptors (Lipinski definition) is 4. The average molecular weight is 334 g/mol. The lowest BCUT2D eigenvalue weighted by atomic mass is 10.0. The third kappa shape index (κ3) is 3.02. The van der Waals surface area contributed by atoms with E-state index in [1.54, 1.807) is 6.20 Å². The summed E-state index contributed by atoms with van der Waals surface area (Å²) in [4.78, 5) is 27.0. The highest BCUT2D eigenvalue weighted by Crippen LogP contribution is 2.26. The molecule has 0 radical (unpaired) electrons. The number of aromatic nitrogens is 3. The Morgan fingerprint density at radius 2 is 2.00 bits per heavy atom. The summed E-state index contributed by atoms with van der Waals surface area (Å²) in [6.45, 7) is 6.14. The summed E-state index contributed by atoms with van der Waals surface area (Å²) >= 11 is 0. The Bertz CT molecular complexity index is 962. The van der Waals surface area contributed by atoms with Crippen LogP contribution in [0.15, 0.2) is 41.3 Å². The number of anilines is 1. The number of pyridine rings is 1. The van der Waals surface area contributed by atoms with Gasteiger partial charge in [0, 0.05) is 19.3 Å². The molecule has 1 fully saturated rings. The summed E-state index contributed by atoms with van der Waals surface area (Å²) in [5.41, 5.74) is 3.45. The Labute approximate surface area is 146 Å². The molecule has 128 valence electrons. The minimum Gasteiger partial charge on any atom is -0.342 e. The summed E-state index contributed by atoms with van der Waals surface area (Å²) in [6.07, 6.45) is 4.08. The van der Waals surface area contributed by atoms with Crippen molar-refractivity contribution >= 4 is 17.0 Å². The van der Waals surface area contributed by atoms with Gasteiger partial charge in [0.2, 0.25) is 5.95 Å². The normalized spacial score (nSPS) is 17.8. The van der Waals surface area contributed by atoms with Gasteiger partial charge in [0.05, 0.1) is 5.39 Å². The monoisotopic (exact) mass is 334 g/mol. The van der Waals surface area contributed by atoms with Crippen LogP contribution in [0.25, 0.3) is 22.2 Å². The maximum Gasteiger partial charge on any atom is 0.262 e. The van der Waals surface area contributed by atoms with Crippen molar-refractivity contribution in [2.75, 3.05) is 18.0 Å². The van der Waals surface area contributed by atoms with E-state index in [4.69, 9.17) is 0 Å². The smallest absolute Gasteiger partial charge is 0.262 e. The van der Waals surface area contributed by atoms with E-state index >= 15 is 0 Å². The van der Waals surface area contributed by atoms with E-state index < -0.39 is 0 Å². The number of aryl methyl sites for hydroxylation is 1. The van der Waals surface area contributed by atoms with Gasteiger partial charge in [-0.15, -0.1) is 0 Å². The Balaban J connectivity index is 1.83. The third-order valence-electron chi connectivity index (χ3n) is 4.91. The minimum atomic E-state index is -0.123. The maximum atomic E-state index is 12.8. The molecule has 2 aromatic heterocycles. The largest absolute Gasteiger partial charge is 0.342 e. The zero-order valence-corrected chi connectivity index (χ0v) is 14.6. The predicted molar refractivity (Wildman–Crippen MR) is 101 cm³/mol. The van der Waals surface area contributed by atoms with Crippen LogP contribution < -0.4 is 10.5 Å². The van der Waals surface area contributed by atoms with Gasteiger partial charge in [0.25, 0.3) is 5.56 Å².